The van der Waals surface area contributed by atoms with Crippen LogP contribution < -0.4 is 10.5 Å². The molecule has 100 valence electrons. The Kier molecular flexibility index (Phi) is 3.98. The van der Waals surface area contributed by atoms with Gasteiger partial charge in [-0.15, -0.1) is 0 Å². The van der Waals surface area contributed by atoms with E-state index < -0.39 is 10.0 Å². The second kappa shape index (κ2) is 5.52. The summed E-state index contributed by atoms with van der Waals surface area (Å²) in [5, 5.41) is 8.32. The van der Waals surface area contributed by atoms with Gasteiger partial charge in [0.25, 0.3) is 0 Å². The van der Waals surface area contributed by atoms with Crippen molar-refractivity contribution in [3.05, 3.63) is 47.4 Å². The fourth-order valence-electron chi connectivity index (χ4n) is 1.52. The molecule has 1 heterocycles. The van der Waals surface area contributed by atoms with Crippen LogP contribution in [-0.2, 0) is 15.8 Å². The smallest absolute Gasteiger partial charge is 0.213 e. The first-order chi connectivity index (χ1) is 8.94. The number of nitrogens with one attached hydrogen (secondary N) is 1. The first-order valence-electron chi connectivity index (χ1n) is 5.27. The van der Waals surface area contributed by atoms with Crippen LogP contribution in [0, 0.1) is 0 Å². The van der Waals surface area contributed by atoms with Crippen LogP contribution in [0.5, 0.6) is 0 Å². The lowest BCUT2D eigenvalue weighted by Gasteiger charge is -2.10. The van der Waals surface area contributed by atoms with E-state index in [9.17, 15) is 8.42 Å². The fraction of sp³-hybridized carbons (Fsp3) is 0.0909. The van der Waals surface area contributed by atoms with Gasteiger partial charge in [0, 0.05) is 11.8 Å². The van der Waals surface area contributed by atoms with Crippen molar-refractivity contribution >= 4 is 33.1 Å². The summed E-state index contributed by atoms with van der Waals surface area (Å²) in [4.78, 5) is 7.75. The standard InChI is InChI=1S/C11H11ClN4O2S/c12-10-5-11(15-7-14-10)16-9-4-2-1-3-8(9)6-19(13,17)18/h1-5,7H,6H2,(H2,13,17,18)(H,14,15,16). The van der Waals surface area contributed by atoms with Gasteiger partial charge >= 0.3 is 0 Å². The molecule has 3 N–H and O–H groups in total. The van der Waals surface area contributed by atoms with E-state index >= 15 is 0 Å². The molecule has 1 aromatic carbocycles. The molecule has 0 aliphatic heterocycles. The Hall–Kier alpha value is -1.70. The highest BCUT2D eigenvalue weighted by Crippen LogP contribution is 2.21. The average Bonchev–Trinajstić information content (AvgIpc) is 2.30. The molecule has 2 aromatic rings. The maximum atomic E-state index is 11.2. The summed E-state index contributed by atoms with van der Waals surface area (Å²) in [5.74, 6) is 0.219. The normalized spacial score (nSPS) is 11.3. The molecule has 0 radical (unpaired) electrons. The number of benzene rings is 1. The third kappa shape index (κ3) is 4.16. The highest BCUT2D eigenvalue weighted by molar-refractivity contribution is 7.88. The van der Waals surface area contributed by atoms with E-state index in [1.165, 1.54) is 12.4 Å². The number of halogens is 1. The Balaban J connectivity index is 2.30. The maximum Gasteiger partial charge on any atom is 0.213 e. The number of anilines is 2. The van der Waals surface area contributed by atoms with Crippen molar-refractivity contribution < 1.29 is 8.42 Å². The number of sulfonamides is 1. The second-order valence-electron chi connectivity index (χ2n) is 3.82. The van der Waals surface area contributed by atoms with Gasteiger partial charge in [-0.25, -0.2) is 23.5 Å². The minimum Gasteiger partial charge on any atom is -0.340 e. The quantitative estimate of drug-likeness (QED) is 0.837. The molecule has 0 atom stereocenters. The number of hydrogen-bond acceptors (Lipinski definition) is 5. The van der Waals surface area contributed by atoms with Gasteiger partial charge in [-0.2, -0.15) is 0 Å². The van der Waals surface area contributed by atoms with Crippen LogP contribution in [0.15, 0.2) is 36.7 Å². The molecule has 0 unspecified atom stereocenters. The van der Waals surface area contributed by atoms with Crippen molar-refractivity contribution in [1.29, 1.82) is 0 Å². The highest BCUT2D eigenvalue weighted by atomic mass is 35.5. The molecule has 0 saturated heterocycles. The molecule has 6 nitrogen and oxygen atoms in total. The summed E-state index contributed by atoms with van der Waals surface area (Å²) in [6, 6.07) is 8.46. The third-order valence-electron chi connectivity index (χ3n) is 2.27. The van der Waals surface area contributed by atoms with Gasteiger partial charge in [-0.05, 0) is 11.6 Å². The third-order valence-corrected chi connectivity index (χ3v) is 3.19. The average molecular weight is 299 g/mol. The summed E-state index contributed by atoms with van der Waals surface area (Å²) in [5.41, 5.74) is 1.16. The first-order valence-corrected chi connectivity index (χ1v) is 7.36. The number of rotatable bonds is 4. The molecule has 19 heavy (non-hydrogen) atoms. The van der Waals surface area contributed by atoms with Crippen molar-refractivity contribution in [3.63, 3.8) is 0 Å². The van der Waals surface area contributed by atoms with E-state index in [4.69, 9.17) is 16.7 Å². The molecule has 1 aromatic heterocycles. The molecular weight excluding hydrogens is 288 g/mol. The zero-order chi connectivity index (χ0) is 13.9. The van der Waals surface area contributed by atoms with Crippen molar-refractivity contribution in [2.24, 2.45) is 5.14 Å². The van der Waals surface area contributed by atoms with E-state index in [-0.39, 0.29) is 5.75 Å². The van der Waals surface area contributed by atoms with E-state index in [2.05, 4.69) is 15.3 Å². The molecule has 0 amide bonds. The molecular formula is C11H11ClN4O2S. The van der Waals surface area contributed by atoms with Gasteiger partial charge in [0.05, 0.1) is 5.75 Å². The number of nitrogens with two attached hydrogens (primary N) is 1. The minimum absolute atomic E-state index is 0.255. The lowest BCUT2D eigenvalue weighted by molar-refractivity contribution is 0.597. The highest BCUT2D eigenvalue weighted by Gasteiger charge is 2.10. The van der Waals surface area contributed by atoms with E-state index in [1.807, 2.05) is 0 Å². The van der Waals surface area contributed by atoms with Crippen LogP contribution in [-0.4, -0.2) is 18.4 Å². The lowest BCUT2D eigenvalue weighted by Crippen LogP contribution is -2.15. The monoisotopic (exact) mass is 298 g/mol. The van der Waals surface area contributed by atoms with E-state index in [0.29, 0.717) is 22.2 Å². The Bertz CT molecular complexity index is 691. The van der Waals surface area contributed by atoms with Crippen LogP contribution in [0.1, 0.15) is 5.56 Å². The molecule has 0 aliphatic rings. The van der Waals surface area contributed by atoms with Gasteiger partial charge in [-0.1, -0.05) is 29.8 Å². The fourth-order valence-corrected chi connectivity index (χ4v) is 2.36. The van der Waals surface area contributed by atoms with Crippen LogP contribution in [0.3, 0.4) is 0 Å². The summed E-state index contributed by atoms with van der Waals surface area (Å²) in [6.45, 7) is 0. The predicted molar refractivity (Wildman–Crippen MR) is 73.6 cm³/mol. The minimum atomic E-state index is -3.60. The summed E-state index contributed by atoms with van der Waals surface area (Å²) >= 11 is 5.75. The van der Waals surface area contributed by atoms with Gasteiger partial charge in [-0.3, -0.25) is 0 Å². The SMILES string of the molecule is NS(=O)(=O)Cc1ccccc1Nc1cc(Cl)ncn1. The molecule has 0 aliphatic carbocycles. The van der Waals surface area contributed by atoms with Gasteiger partial charge in [0.15, 0.2) is 0 Å². The summed E-state index contributed by atoms with van der Waals surface area (Å²) in [7, 11) is -3.60. The Labute approximate surface area is 115 Å². The van der Waals surface area contributed by atoms with Crippen molar-refractivity contribution in [3.8, 4) is 0 Å². The number of hydrogen-bond donors (Lipinski definition) is 2. The molecule has 0 saturated carbocycles. The Morgan fingerprint density at radius 1 is 1.26 bits per heavy atom. The zero-order valence-electron chi connectivity index (χ0n) is 9.75. The van der Waals surface area contributed by atoms with Crippen LogP contribution in [0.25, 0.3) is 0 Å². The van der Waals surface area contributed by atoms with Crippen molar-refractivity contribution in [2.75, 3.05) is 5.32 Å². The van der Waals surface area contributed by atoms with E-state index in [0.717, 1.165) is 0 Å². The zero-order valence-corrected chi connectivity index (χ0v) is 11.3. The summed E-state index contributed by atoms with van der Waals surface area (Å²) in [6.07, 6.45) is 1.31. The van der Waals surface area contributed by atoms with Gasteiger partial charge in [0.1, 0.15) is 17.3 Å². The van der Waals surface area contributed by atoms with Crippen molar-refractivity contribution in [2.45, 2.75) is 5.75 Å². The molecule has 0 fully saturated rings. The topological polar surface area (TPSA) is 98.0 Å². The van der Waals surface area contributed by atoms with Crippen LogP contribution >= 0.6 is 11.6 Å². The van der Waals surface area contributed by atoms with Gasteiger partial charge < -0.3 is 5.32 Å². The molecule has 0 bridgehead atoms. The summed E-state index contributed by atoms with van der Waals surface area (Å²) < 4.78 is 22.3. The van der Waals surface area contributed by atoms with Crippen LogP contribution in [0.4, 0.5) is 11.5 Å². The Morgan fingerprint density at radius 2 is 2.00 bits per heavy atom. The largest absolute Gasteiger partial charge is 0.340 e. The van der Waals surface area contributed by atoms with Crippen molar-refractivity contribution in [1.82, 2.24) is 9.97 Å². The molecule has 0 spiro atoms. The lowest BCUT2D eigenvalue weighted by atomic mass is 10.2. The number of para-hydroxylation sites is 1. The number of aromatic nitrogens is 2. The second-order valence-corrected chi connectivity index (χ2v) is 5.82. The molecule has 8 heteroatoms. The molecule has 2 rings (SSSR count). The number of nitrogens with zero attached hydrogens (tertiary/aromatic N) is 2. The predicted octanol–water partition coefficient (Wildman–Crippen LogP) is 1.66. The Morgan fingerprint density at radius 3 is 2.68 bits per heavy atom. The van der Waals surface area contributed by atoms with Crippen LogP contribution in [0.2, 0.25) is 5.15 Å². The first kappa shape index (κ1) is 13.7. The van der Waals surface area contributed by atoms with E-state index in [1.54, 1.807) is 24.3 Å². The number of primary sulfonamides is 1. The maximum absolute atomic E-state index is 11.2. The van der Waals surface area contributed by atoms with Gasteiger partial charge in [0.2, 0.25) is 10.0 Å².